The van der Waals surface area contributed by atoms with Crippen molar-refractivity contribution in [1.82, 2.24) is 9.88 Å². The zero-order valence-corrected chi connectivity index (χ0v) is 17.2. The number of carbonyl (C=O) groups is 1. The van der Waals surface area contributed by atoms with Crippen molar-refractivity contribution in [3.63, 3.8) is 0 Å². The molecule has 1 unspecified atom stereocenters. The van der Waals surface area contributed by atoms with Gasteiger partial charge in [-0.1, -0.05) is 18.2 Å². The van der Waals surface area contributed by atoms with Crippen LogP contribution in [0.3, 0.4) is 0 Å². The number of benzene rings is 1. The zero-order valence-electron chi connectivity index (χ0n) is 17.2. The van der Waals surface area contributed by atoms with Crippen molar-refractivity contribution >= 4 is 12.0 Å². The first-order valence-corrected chi connectivity index (χ1v) is 9.83. The summed E-state index contributed by atoms with van der Waals surface area (Å²) in [6, 6.07) is 11.5. The number of nitriles is 1. The Hall–Kier alpha value is -3.04. The van der Waals surface area contributed by atoms with Gasteiger partial charge in [0.2, 0.25) is 0 Å². The van der Waals surface area contributed by atoms with Crippen LogP contribution in [0, 0.1) is 25.2 Å². The van der Waals surface area contributed by atoms with Crippen molar-refractivity contribution in [3.8, 4) is 11.8 Å². The molecule has 6 nitrogen and oxygen atoms in total. The molecule has 152 valence electrons. The van der Waals surface area contributed by atoms with Crippen LogP contribution in [-0.4, -0.2) is 30.3 Å². The van der Waals surface area contributed by atoms with Gasteiger partial charge < -0.3 is 19.4 Å². The summed E-state index contributed by atoms with van der Waals surface area (Å²) in [6.07, 6.45) is 4.06. The predicted molar refractivity (Wildman–Crippen MR) is 111 cm³/mol. The Morgan fingerprint density at radius 3 is 2.90 bits per heavy atom. The molecule has 1 N–H and O–H groups in total. The highest BCUT2D eigenvalue weighted by molar-refractivity contribution is 6.01. The summed E-state index contributed by atoms with van der Waals surface area (Å²) in [5, 5.41) is 12.3. The largest absolute Gasteiger partial charge is 0.496 e. The van der Waals surface area contributed by atoms with Gasteiger partial charge in [0.05, 0.1) is 13.2 Å². The standard InChI is InChI=1S/C23H27N3O3/c1-16-11-19(17(2)26(16)15-21-8-6-10-29-21)12-20(13-24)23(27)25-14-18-7-4-5-9-22(18)28-3/h4-5,7,9,11-12,21H,6,8,10,14-15H2,1-3H3,(H,25,27)/b20-12+. The zero-order chi connectivity index (χ0) is 20.8. The number of amides is 1. The van der Waals surface area contributed by atoms with Crippen LogP contribution in [0.2, 0.25) is 0 Å². The van der Waals surface area contributed by atoms with E-state index >= 15 is 0 Å². The van der Waals surface area contributed by atoms with Gasteiger partial charge in [-0.25, -0.2) is 0 Å². The van der Waals surface area contributed by atoms with Crippen molar-refractivity contribution in [3.05, 3.63) is 58.4 Å². The lowest BCUT2D eigenvalue weighted by atomic mass is 10.1. The van der Waals surface area contributed by atoms with Gasteiger partial charge in [-0.15, -0.1) is 0 Å². The quantitative estimate of drug-likeness (QED) is 0.577. The number of nitrogens with one attached hydrogen (secondary N) is 1. The fourth-order valence-electron chi connectivity index (χ4n) is 3.67. The van der Waals surface area contributed by atoms with Crippen LogP contribution in [0.5, 0.6) is 5.75 Å². The molecule has 1 amide bonds. The summed E-state index contributed by atoms with van der Waals surface area (Å²) in [7, 11) is 1.59. The average molecular weight is 393 g/mol. The minimum absolute atomic E-state index is 0.0808. The molecule has 3 rings (SSSR count). The molecule has 0 radical (unpaired) electrons. The third kappa shape index (κ3) is 4.87. The molecule has 2 heterocycles. The number of hydrogen-bond donors (Lipinski definition) is 1. The number of carbonyl (C=O) groups excluding carboxylic acids is 1. The minimum Gasteiger partial charge on any atom is -0.496 e. The number of methoxy groups -OCH3 is 1. The number of rotatable bonds is 7. The summed E-state index contributed by atoms with van der Waals surface area (Å²) >= 11 is 0. The van der Waals surface area contributed by atoms with Crippen LogP contribution in [0.15, 0.2) is 35.9 Å². The molecule has 2 aromatic rings. The molecule has 1 aromatic heterocycles. The number of aromatic nitrogens is 1. The predicted octanol–water partition coefficient (Wildman–Crippen LogP) is 3.52. The van der Waals surface area contributed by atoms with E-state index in [9.17, 15) is 10.1 Å². The Labute approximate surface area is 171 Å². The summed E-state index contributed by atoms with van der Waals surface area (Å²) in [6.45, 7) is 5.96. The Kier molecular flexibility index (Phi) is 6.73. The van der Waals surface area contributed by atoms with Crippen molar-refractivity contribution < 1.29 is 14.3 Å². The van der Waals surface area contributed by atoms with Gasteiger partial charge in [-0.3, -0.25) is 4.79 Å². The van der Waals surface area contributed by atoms with Gasteiger partial charge in [-0.2, -0.15) is 5.26 Å². The highest BCUT2D eigenvalue weighted by Gasteiger charge is 2.19. The summed E-state index contributed by atoms with van der Waals surface area (Å²) in [5.41, 5.74) is 3.94. The van der Waals surface area contributed by atoms with Gasteiger partial charge in [0.15, 0.2) is 0 Å². The monoisotopic (exact) mass is 393 g/mol. The van der Waals surface area contributed by atoms with Gasteiger partial charge in [0, 0.05) is 36.6 Å². The van der Waals surface area contributed by atoms with E-state index in [1.54, 1.807) is 13.2 Å². The fraction of sp³-hybridized carbons (Fsp3) is 0.391. The molecular weight excluding hydrogens is 366 g/mol. The SMILES string of the molecule is COc1ccccc1CNC(=O)/C(C#N)=C/c1cc(C)n(CC2CCCO2)c1C. The molecule has 0 spiro atoms. The maximum Gasteiger partial charge on any atom is 0.262 e. The van der Waals surface area contributed by atoms with Crippen LogP contribution < -0.4 is 10.1 Å². The van der Waals surface area contributed by atoms with Crippen molar-refractivity contribution in [2.24, 2.45) is 0 Å². The summed E-state index contributed by atoms with van der Waals surface area (Å²) in [4.78, 5) is 12.6. The van der Waals surface area contributed by atoms with E-state index in [0.29, 0.717) is 12.3 Å². The van der Waals surface area contributed by atoms with Crippen molar-refractivity contribution in [1.29, 1.82) is 5.26 Å². The Bertz CT molecular complexity index is 947. The third-order valence-corrected chi connectivity index (χ3v) is 5.32. The molecule has 6 heteroatoms. The van der Waals surface area contributed by atoms with E-state index in [1.165, 1.54) is 0 Å². The van der Waals surface area contributed by atoms with Crippen molar-refractivity contribution in [2.75, 3.05) is 13.7 Å². The molecule has 1 aromatic carbocycles. The first-order valence-electron chi connectivity index (χ1n) is 9.83. The number of aryl methyl sites for hydroxylation is 1. The summed E-state index contributed by atoms with van der Waals surface area (Å²) in [5.74, 6) is 0.301. The third-order valence-electron chi connectivity index (χ3n) is 5.32. The smallest absolute Gasteiger partial charge is 0.262 e. The van der Waals surface area contributed by atoms with Crippen LogP contribution in [0.25, 0.3) is 6.08 Å². The van der Waals surface area contributed by atoms with Crippen LogP contribution in [0.4, 0.5) is 0 Å². The van der Waals surface area contributed by atoms with Crippen molar-refractivity contribution in [2.45, 2.75) is 45.9 Å². The van der Waals surface area contributed by atoms with Crippen LogP contribution >= 0.6 is 0 Å². The van der Waals surface area contributed by atoms with E-state index in [0.717, 1.165) is 48.5 Å². The van der Waals surface area contributed by atoms with E-state index in [2.05, 4.69) is 9.88 Å². The normalized spacial score (nSPS) is 16.5. The maximum atomic E-state index is 12.6. The lowest BCUT2D eigenvalue weighted by Gasteiger charge is -2.14. The molecule has 1 fully saturated rings. The Morgan fingerprint density at radius 2 is 2.21 bits per heavy atom. The van der Waals surface area contributed by atoms with Gasteiger partial charge in [0.1, 0.15) is 17.4 Å². The summed E-state index contributed by atoms with van der Waals surface area (Å²) < 4.78 is 13.2. The van der Waals surface area contributed by atoms with E-state index < -0.39 is 5.91 Å². The molecule has 0 aliphatic carbocycles. The Balaban J connectivity index is 1.73. The average Bonchev–Trinajstić information content (AvgIpc) is 3.34. The first kappa shape index (κ1) is 20.7. The second-order valence-corrected chi connectivity index (χ2v) is 7.24. The highest BCUT2D eigenvalue weighted by atomic mass is 16.5. The molecule has 29 heavy (non-hydrogen) atoms. The van der Waals surface area contributed by atoms with E-state index in [4.69, 9.17) is 9.47 Å². The van der Waals surface area contributed by atoms with E-state index in [-0.39, 0.29) is 11.7 Å². The number of hydrogen-bond acceptors (Lipinski definition) is 4. The molecule has 1 atom stereocenters. The molecule has 0 bridgehead atoms. The maximum absolute atomic E-state index is 12.6. The number of para-hydroxylation sites is 1. The number of nitrogens with zero attached hydrogens (tertiary/aromatic N) is 2. The van der Waals surface area contributed by atoms with Crippen LogP contribution in [0.1, 0.15) is 35.4 Å². The molecule has 1 saturated heterocycles. The van der Waals surface area contributed by atoms with Gasteiger partial charge in [0.25, 0.3) is 5.91 Å². The molecule has 1 aliphatic heterocycles. The van der Waals surface area contributed by atoms with Crippen LogP contribution in [-0.2, 0) is 22.6 Å². The molecule has 1 aliphatic rings. The molecule has 0 saturated carbocycles. The van der Waals surface area contributed by atoms with E-state index in [1.807, 2.05) is 50.2 Å². The minimum atomic E-state index is -0.401. The lowest BCUT2D eigenvalue weighted by Crippen LogP contribution is -2.24. The molecular formula is C23H27N3O3. The Morgan fingerprint density at radius 1 is 1.41 bits per heavy atom. The number of ether oxygens (including phenoxy) is 2. The van der Waals surface area contributed by atoms with Gasteiger partial charge >= 0.3 is 0 Å². The second-order valence-electron chi connectivity index (χ2n) is 7.24. The topological polar surface area (TPSA) is 76.3 Å². The first-order chi connectivity index (χ1) is 14.0. The second kappa shape index (κ2) is 9.44. The van der Waals surface area contributed by atoms with Gasteiger partial charge in [-0.05, 0) is 50.5 Å². The highest BCUT2D eigenvalue weighted by Crippen LogP contribution is 2.22. The fourth-order valence-corrected chi connectivity index (χ4v) is 3.67. The lowest BCUT2D eigenvalue weighted by molar-refractivity contribution is -0.117.